The van der Waals surface area contributed by atoms with Crippen LogP contribution in [0.1, 0.15) is 23.6 Å². The van der Waals surface area contributed by atoms with Crippen LogP contribution in [0.15, 0.2) is 36.4 Å². The highest BCUT2D eigenvalue weighted by atomic mass is 16.6. The van der Waals surface area contributed by atoms with E-state index < -0.39 is 11.0 Å². The summed E-state index contributed by atoms with van der Waals surface area (Å²) < 4.78 is 0. The fourth-order valence-corrected chi connectivity index (χ4v) is 2.59. The standard InChI is InChI=1S/C17H20N4O3/c1-4-13-10-15(21(23)24)9-12(3)16(13)20(17(18)22)19-14-7-5-6-11(2)8-14/h5-10,19H,4H2,1-3H3,(H2,18,22). The number of primary amides is 1. The van der Waals surface area contributed by atoms with Crippen LogP contribution in [0.4, 0.5) is 21.9 Å². The van der Waals surface area contributed by atoms with E-state index in [1.54, 1.807) is 6.92 Å². The number of non-ortho nitro benzene ring substituents is 1. The molecule has 126 valence electrons. The summed E-state index contributed by atoms with van der Waals surface area (Å²) in [6, 6.07) is 9.70. The van der Waals surface area contributed by atoms with Gasteiger partial charge in [0.2, 0.25) is 0 Å². The molecule has 7 heteroatoms. The zero-order valence-electron chi connectivity index (χ0n) is 13.9. The minimum Gasteiger partial charge on any atom is -0.350 e. The first-order valence-electron chi connectivity index (χ1n) is 7.54. The van der Waals surface area contributed by atoms with Crippen molar-refractivity contribution in [3.05, 3.63) is 63.2 Å². The van der Waals surface area contributed by atoms with Crippen LogP contribution in [-0.2, 0) is 6.42 Å². The molecular weight excluding hydrogens is 308 g/mol. The Labute approximate surface area is 140 Å². The van der Waals surface area contributed by atoms with Crippen molar-refractivity contribution in [3.63, 3.8) is 0 Å². The molecule has 7 nitrogen and oxygen atoms in total. The largest absolute Gasteiger partial charge is 0.350 e. The van der Waals surface area contributed by atoms with Crippen molar-refractivity contribution in [1.82, 2.24) is 0 Å². The van der Waals surface area contributed by atoms with Crippen molar-refractivity contribution in [2.75, 3.05) is 10.4 Å². The minimum absolute atomic E-state index is 0.00641. The van der Waals surface area contributed by atoms with Gasteiger partial charge in [-0.25, -0.2) is 9.80 Å². The van der Waals surface area contributed by atoms with E-state index >= 15 is 0 Å². The molecule has 0 aliphatic carbocycles. The minimum atomic E-state index is -0.692. The number of rotatable bonds is 5. The summed E-state index contributed by atoms with van der Waals surface area (Å²) in [7, 11) is 0. The second kappa shape index (κ2) is 6.99. The second-order valence-electron chi connectivity index (χ2n) is 5.54. The number of nitro groups is 1. The number of nitrogens with one attached hydrogen (secondary N) is 1. The highest BCUT2D eigenvalue weighted by Crippen LogP contribution is 2.31. The maximum atomic E-state index is 12.0. The molecule has 2 aromatic rings. The predicted octanol–water partition coefficient (Wildman–Crippen LogP) is 3.69. The van der Waals surface area contributed by atoms with Crippen LogP contribution in [0.3, 0.4) is 0 Å². The van der Waals surface area contributed by atoms with Crippen LogP contribution in [0.2, 0.25) is 0 Å². The molecule has 0 saturated heterocycles. The van der Waals surface area contributed by atoms with E-state index in [4.69, 9.17) is 5.73 Å². The average Bonchev–Trinajstić information content (AvgIpc) is 2.52. The average molecular weight is 328 g/mol. The van der Waals surface area contributed by atoms with Gasteiger partial charge in [-0.1, -0.05) is 19.1 Å². The Hall–Kier alpha value is -3.09. The van der Waals surface area contributed by atoms with E-state index in [2.05, 4.69) is 5.43 Å². The van der Waals surface area contributed by atoms with Gasteiger partial charge in [0.1, 0.15) is 0 Å². The van der Waals surface area contributed by atoms with Crippen molar-refractivity contribution in [3.8, 4) is 0 Å². The lowest BCUT2D eigenvalue weighted by Crippen LogP contribution is -2.41. The first-order valence-corrected chi connectivity index (χ1v) is 7.54. The summed E-state index contributed by atoms with van der Waals surface area (Å²) >= 11 is 0. The number of nitro benzene ring substituents is 1. The van der Waals surface area contributed by atoms with Gasteiger partial charge in [-0.2, -0.15) is 0 Å². The molecule has 0 bridgehead atoms. The third-order valence-corrected chi connectivity index (χ3v) is 3.66. The smallest absolute Gasteiger partial charge is 0.338 e. The molecule has 24 heavy (non-hydrogen) atoms. The van der Waals surface area contributed by atoms with Crippen molar-refractivity contribution in [2.45, 2.75) is 27.2 Å². The number of carbonyl (C=O) groups excluding carboxylic acids is 1. The van der Waals surface area contributed by atoms with Gasteiger partial charge in [0, 0.05) is 12.1 Å². The molecule has 2 aromatic carbocycles. The molecule has 2 amide bonds. The Bertz CT molecular complexity index is 789. The lowest BCUT2D eigenvalue weighted by molar-refractivity contribution is -0.384. The van der Waals surface area contributed by atoms with Gasteiger partial charge in [0.05, 0.1) is 16.3 Å². The van der Waals surface area contributed by atoms with Gasteiger partial charge < -0.3 is 5.73 Å². The van der Waals surface area contributed by atoms with E-state index in [0.29, 0.717) is 28.9 Å². The van der Waals surface area contributed by atoms with Crippen molar-refractivity contribution >= 4 is 23.1 Å². The molecule has 3 N–H and O–H groups in total. The van der Waals surface area contributed by atoms with Gasteiger partial charge in [-0.3, -0.25) is 15.5 Å². The van der Waals surface area contributed by atoms with Gasteiger partial charge in [-0.15, -0.1) is 0 Å². The van der Waals surface area contributed by atoms with Crippen LogP contribution < -0.4 is 16.2 Å². The van der Waals surface area contributed by atoms with Crippen LogP contribution >= 0.6 is 0 Å². The van der Waals surface area contributed by atoms with Gasteiger partial charge in [0.15, 0.2) is 0 Å². The van der Waals surface area contributed by atoms with Crippen molar-refractivity contribution in [1.29, 1.82) is 0 Å². The Morgan fingerprint density at radius 3 is 2.54 bits per heavy atom. The first-order chi connectivity index (χ1) is 11.3. The number of urea groups is 1. The highest BCUT2D eigenvalue weighted by Gasteiger charge is 2.22. The lowest BCUT2D eigenvalue weighted by Gasteiger charge is -2.26. The van der Waals surface area contributed by atoms with Crippen molar-refractivity contribution < 1.29 is 9.72 Å². The van der Waals surface area contributed by atoms with E-state index in [0.717, 1.165) is 5.56 Å². The Kier molecular flexibility index (Phi) is 5.03. The second-order valence-corrected chi connectivity index (χ2v) is 5.54. The maximum Gasteiger partial charge on any atom is 0.338 e. The van der Waals surface area contributed by atoms with Crippen LogP contribution in [-0.4, -0.2) is 11.0 Å². The zero-order valence-corrected chi connectivity index (χ0v) is 13.9. The molecule has 0 spiro atoms. The number of nitrogens with zero attached hydrogens (tertiary/aromatic N) is 2. The number of amides is 2. The van der Waals surface area contributed by atoms with E-state index in [9.17, 15) is 14.9 Å². The number of carbonyl (C=O) groups is 1. The number of aryl methyl sites for hydroxylation is 3. The molecule has 0 radical (unpaired) electrons. The van der Waals surface area contributed by atoms with Crippen molar-refractivity contribution in [2.24, 2.45) is 5.73 Å². The Morgan fingerprint density at radius 2 is 2.00 bits per heavy atom. The molecule has 0 saturated carbocycles. The number of nitrogens with two attached hydrogens (primary N) is 1. The van der Waals surface area contributed by atoms with Gasteiger partial charge in [0.25, 0.3) is 5.69 Å². The molecule has 2 rings (SSSR count). The summed E-state index contributed by atoms with van der Waals surface area (Å²) in [6.45, 7) is 5.53. The number of anilines is 2. The topological polar surface area (TPSA) is 102 Å². The third kappa shape index (κ3) is 3.62. The number of hydrazine groups is 1. The Balaban J connectivity index is 2.51. The third-order valence-electron chi connectivity index (χ3n) is 3.66. The summed E-state index contributed by atoms with van der Waals surface area (Å²) in [5.74, 6) is 0. The van der Waals surface area contributed by atoms with E-state index in [1.165, 1.54) is 17.1 Å². The fraction of sp³-hybridized carbons (Fsp3) is 0.235. The van der Waals surface area contributed by atoms with E-state index in [1.807, 2.05) is 38.1 Å². The summed E-state index contributed by atoms with van der Waals surface area (Å²) in [5, 5.41) is 12.3. The van der Waals surface area contributed by atoms with Gasteiger partial charge in [-0.05, 0) is 49.1 Å². The first kappa shape index (κ1) is 17.3. The number of benzene rings is 2. The summed E-state index contributed by atoms with van der Waals surface area (Å²) in [5.41, 5.74) is 12.1. The number of hydrogen-bond donors (Lipinski definition) is 2. The summed E-state index contributed by atoms with van der Waals surface area (Å²) in [4.78, 5) is 22.6. The van der Waals surface area contributed by atoms with E-state index in [-0.39, 0.29) is 5.69 Å². The molecule has 0 heterocycles. The lowest BCUT2D eigenvalue weighted by atomic mass is 10.0. The Morgan fingerprint density at radius 1 is 1.29 bits per heavy atom. The molecule has 0 aromatic heterocycles. The predicted molar refractivity (Wildman–Crippen MR) is 94.1 cm³/mol. The molecule has 0 atom stereocenters. The highest BCUT2D eigenvalue weighted by molar-refractivity contribution is 5.94. The zero-order chi connectivity index (χ0) is 17.9. The number of hydrogen-bond acceptors (Lipinski definition) is 4. The molecule has 0 aliphatic rings. The van der Waals surface area contributed by atoms with Crippen LogP contribution in [0, 0.1) is 24.0 Å². The quantitative estimate of drug-likeness (QED) is 0.645. The molecule has 0 unspecified atom stereocenters. The SMILES string of the molecule is CCc1cc([N+](=O)[O-])cc(C)c1N(Nc1cccc(C)c1)C(N)=O. The van der Waals surface area contributed by atoms with Gasteiger partial charge >= 0.3 is 6.03 Å². The van der Waals surface area contributed by atoms with Crippen LogP contribution in [0.5, 0.6) is 0 Å². The monoisotopic (exact) mass is 328 g/mol. The molecular formula is C17H20N4O3. The summed E-state index contributed by atoms with van der Waals surface area (Å²) in [6.07, 6.45) is 0.525. The molecule has 0 aliphatic heterocycles. The maximum absolute atomic E-state index is 12.0. The van der Waals surface area contributed by atoms with Crippen LogP contribution in [0.25, 0.3) is 0 Å². The fourth-order valence-electron chi connectivity index (χ4n) is 2.59. The molecule has 0 fully saturated rings. The normalized spacial score (nSPS) is 10.3.